The number of fused-ring (bicyclic) bond motifs is 1. The molecule has 0 amide bonds. The summed E-state index contributed by atoms with van der Waals surface area (Å²) in [5.74, 6) is 1.06. The normalized spacial score (nSPS) is 10.5. The average molecular weight is 240 g/mol. The number of nitrogens with zero attached hydrogens (tertiary/aromatic N) is 2. The summed E-state index contributed by atoms with van der Waals surface area (Å²) in [4.78, 5) is 11.5. The van der Waals surface area contributed by atoms with Crippen molar-refractivity contribution in [3.63, 3.8) is 0 Å². The molecule has 0 unspecified atom stereocenters. The molecule has 2 aromatic heterocycles. The van der Waals surface area contributed by atoms with Crippen molar-refractivity contribution in [1.82, 2.24) is 15.0 Å². The monoisotopic (exact) mass is 240 g/mol. The molecule has 0 aliphatic heterocycles. The van der Waals surface area contributed by atoms with Crippen LogP contribution in [0.3, 0.4) is 0 Å². The number of methoxy groups -OCH3 is 1. The molecule has 0 spiro atoms. The van der Waals surface area contributed by atoms with E-state index < -0.39 is 0 Å². The molecule has 3 aromatic rings. The third kappa shape index (κ3) is 1.98. The van der Waals surface area contributed by atoms with Crippen molar-refractivity contribution in [3.05, 3.63) is 42.7 Å². The number of benzene rings is 1. The molecule has 2 heterocycles. The Balaban J connectivity index is 1.90. The molecule has 0 saturated carbocycles. The topological polar surface area (TPSA) is 62.8 Å². The number of nitrogens with one attached hydrogen (secondary N) is 2. The fourth-order valence-corrected chi connectivity index (χ4v) is 1.78. The molecule has 18 heavy (non-hydrogen) atoms. The van der Waals surface area contributed by atoms with E-state index in [1.54, 1.807) is 19.4 Å². The van der Waals surface area contributed by atoms with Gasteiger partial charge < -0.3 is 15.0 Å². The first-order chi connectivity index (χ1) is 8.85. The Morgan fingerprint density at radius 2 is 2.17 bits per heavy atom. The highest BCUT2D eigenvalue weighted by Gasteiger charge is 2.01. The standard InChI is InChI=1S/C13H12N4O/c1-18-12-5-7-15-13(17-12)16-10-2-3-11-9(8-10)4-6-14-11/h2-8,14H,1H3,(H,15,16,17). The van der Waals surface area contributed by atoms with E-state index in [1.807, 2.05) is 30.5 Å². The highest BCUT2D eigenvalue weighted by atomic mass is 16.5. The van der Waals surface area contributed by atoms with Gasteiger partial charge in [-0.05, 0) is 24.3 Å². The summed E-state index contributed by atoms with van der Waals surface area (Å²) in [5.41, 5.74) is 2.04. The molecule has 90 valence electrons. The van der Waals surface area contributed by atoms with Crippen molar-refractivity contribution < 1.29 is 4.74 Å². The Bertz CT molecular complexity index is 677. The Morgan fingerprint density at radius 3 is 3.06 bits per heavy atom. The minimum Gasteiger partial charge on any atom is -0.481 e. The molecule has 0 aliphatic carbocycles. The maximum Gasteiger partial charge on any atom is 0.230 e. The van der Waals surface area contributed by atoms with Crippen LogP contribution in [-0.2, 0) is 0 Å². The van der Waals surface area contributed by atoms with Crippen LogP contribution >= 0.6 is 0 Å². The van der Waals surface area contributed by atoms with Crippen molar-refractivity contribution >= 4 is 22.5 Å². The lowest BCUT2D eigenvalue weighted by Gasteiger charge is -2.05. The molecule has 0 saturated heterocycles. The SMILES string of the molecule is COc1ccnc(Nc2ccc3[nH]ccc3c2)n1. The van der Waals surface area contributed by atoms with Gasteiger partial charge >= 0.3 is 0 Å². The lowest BCUT2D eigenvalue weighted by molar-refractivity contribution is 0.397. The van der Waals surface area contributed by atoms with Crippen LogP contribution in [0.2, 0.25) is 0 Å². The Morgan fingerprint density at radius 1 is 1.22 bits per heavy atom. The number of aromatic amines is 1. The first kappa shape index (κ1) is 10.6. The predicted molar refractivity (Wildman–Crippen MR) is 70.2 cm³/mol. The molecular weight excluding hydrogens is 228 g/mol. The minimum absolute atomic E-state index is 0.518. The number of H-pyrrole nitrogens is 1. The van der Waals surface area contributed by atoms with Gasteiger partial charge in [-0.2, -0.15) is 4.98 Å². The fraction of sp³-hybridized carbons (Fsp3) is 0.0769. The lowest BCUT2D eigenvalue weighted by Crippen LogP contribution is -1.98. The van der Waals surface area contributed by atoms with Crippen LogP contribution in [0.25, 0.3) is 10.9 Å². The number of hydrogen-bond acceptors (Lipinski definition) is 4. The third-order valence-corrected chi connectivity index (χ3v) is 2.65. The van der Waals surface area contributed by atoms with Gasteiger partial charge in [0.15, 0.2) is 0 Å². The van der Waals surface area contributed by atoms with E-state index in [2.05, 4.69) is 20.3 Å². The molecule has 0 radical (unpaired) electrons. The van der Waals surface area contributed by atoms with Crippen molar-refractivity contribution in [1.29, 1.82) is 0 Å². The second-order valence-electron chi connectivity index (χ2n) is 3.83. The summed E-state index contributed by atoms with van der Waals surface area (Å²) in [6.07, 6.45) is 3.57. The Labute approximate surface area is 104 Å². The quantitative estimate of drug-likeness (QED) is 0.738. The van der Waals surface area contributed by atoms with Crippen LogP contribution in [-0.4, -0.2) is 22.1 Å². The summed E-state index contributed by atoms with van der Waals surface area (Å²) < 4.78 is 5.05. The van der Waals surface area contributed by atoms with Crippen molar-refractivity contribution in [3.8, 4) is 5.88 Å². The smallest absolute Gasteiger partial charge is 0.230 e. The highest BCUT2D eigenvalue weighted by Crippen LogP contribution is 2.20. The number of hydrogen-bond donors (Lipinski definition) is 2. The third-order valence-electron chi connectivity index (χ3n) is 2.65. The van der Waals surface area contributed by atoms with Crippen molar-refractivity contribution in [2.24, 2.45) is 0 Å². The molecule has 0 bridgehead atoms. The second kappa shape index (κ2) is 4.37. The van der Waals surface area contributed by atoms with Gasteiger partial charge in [0.05, 0.1) is 7.11 Å². The minimum atomic E-state index is 0.518. The maximum absolute atomic E-state index is 5.05. The van der Waals surface area contributed by atoms with Crippen LogP contribution < -0.4 is 10.1 Å². The molecule has 3 rings (SSSR count). The predicted octanol–water partition coefficient (Wildman–Crippen LogP) is 2.71. The first-order valence-electron chi connectivity index (χ1n) is 5.56. The molecule has 5 nitrogen and oxygen atoms in total. The summed E-state index contributed by atoms with van der Waals surface area (Å²) in [6, 6.07) is 9.75. The van der Waals surface area contributed by atoms with Crippen LogP contribution in [0, 0.1) is 0 Å². The van der Waals surface area contributed by atoms with Crippen LogP contribution in [0.15, 0.2) is 42.7 Å². The Kier molecular flexibility index (Phi) is 2.57. The van der Waals surface area contributed by atoms with Gasteiger partial charge in [-0.3, -0.25) is 0 Å². The van der Waals surface area contributed by atoms with Crippen LogP contribution in [0.1, 0.15) is 0 Å². The summed E-state index contributed by atoms with van der Waals surface area (Å²) in [7, 11) is 1.58. The summed E-state index contributed by atoms with van der Waals surface area (Å²) >= 11 is 0. The largest absolute Gasteiger partial charge is 0.481 e. The van der Waals surface area contributed by atoms with Gasteiger partial charge in [0, 0.05) is 35.1 Å². The summed E-state index contributed by atoms with van der Waals surface area (Å²) in [6.45, 7) is 0. The number of aromatic nitrogens is 3. The van der Waals surface area contributed by atoms with E-state index in [-0.39, 0.29) is 0 Å². The summed E-state index contributed by atoms with van der Waals surface area (Å²) in [5, 5.41) is 4.29. The van der Waals surface area contributed by atoms with Gasteiger partial charge in [0.1, 0.15) is 0 Å². The van der Waals surface area contributed by atoms with Gasteiger partial charge in [-0.25, -0.2) is 4.98 Å². The molecule has 0 atom stereocenters. The maximum atomic E-state index is 5.05. The number of ether oxygens (including phenoxy) is 1. The lowest BCUT2D eigenvalue weighted by atomic mass is 10.2. The first-order valence-corrected chi connectivity index (χ1v) is 5.56. The van der Waals surface area contributed by atoms with Gasteiger partial charge in [-0.15, -0.1) is 0 Å². The van der Waals surface area contributed by atoms with Gasteiger partial charge in [0.25, 0.3) is 0 Å². The number of anilines is 2. The molecule has 1 aromatic carbocycles. The Hall–Kier alpha value is -2.56. The molecule has 5 heteroatoms. The van der Waals surface area contributed by atoms with E-state index in [4.69, 9.17) is 4.74 Å². The van der Waals surface area contributed by atoms with Gasteiger partial charge in [0.2, 0.25) is 11.8 Å². The van der Waals surface area contributed by atoms with Crippen LogP contribution in [0.4, 0.5) is 11.6 Å². The molecule has 0 fully saturated rings. The van der Waals surface area contributed by atoms with Gasteiger partial charge in [-0.1, -0.05) is 0 Å². The van der Waals surface area contributed by atoms with E-state index in [0.29, 0.717) is 11.8 Å². The zero-order valence-electron chi connectivity index (χ0n) is 9.84. The number of rotatable bonds is 3. The second-order valence-corrected chi connectivity index (χ2v) is 3.83. The zero-order valence-corrected chi connectivity index (χ0v) is 9.84. The van der Waals surface area contributed by atoms with E-state index >= 15 is 0 Å². The highest BCUT2D eigenvalue weighted by molar-refractivity contribution is 5.83. The van der Waals surface area contributed by atoms with Crippen molar-refractivity contribution in [2.45, 2.75) is 0 Å². The molecular formula is C13H12N4O. The molecule has 2 N–H and O–H groups in total. The van der Waals surface area contributed by atoms with E-state index in [1.165, 1.54) is 0 Å². The van der Waals surface area contributed by atoms with E-state index in [0.717, 1.165) is 16.6 Å². The van der Waals surface area contributed by atoms with Crippen LogP contribution in [0.5, 0.6) is 5.88 Å². The zero-order chi connectivity index (χ0) is 12.4. The van der Waals surface area contributed by atoms with E-state index in [9.17, 15) is 0 Å². The molecule has 0 aliphatic rings. The van der Waals surface area contributed by atoms with Crippen molar-refractivity contribution in [2.75, 3.05) is 12.4 Å². The fourth-order valence-electron chi connectivity index (χ4n) is 1.78. The average Bonchev–Trinajstić information content (AvgIpc) is 2.86.